The zero-order valence-electron chi connectivity index (χ0n) is 8.78. The van der Waals surface area contributed by atoms with E-state index < -0.39 is 0 Å². The first-order chi connectivity index (χ1) is 7.16. The molecule has 0 amide bonds. The molecule has 80 valence electrons. The van der Waals surface area contributed by atoms with Gasteiger partial charge in [0.05, 0.1) is 11.9 Å². The van der Waals surface area contributed by atoms with Gasteiger partial charge in [-0.25, -0.2) is 0 Å². The molecule has 6 heteroatoms. The Labute approximate surface area is 87.5 Å². The Balaban J connectivity index is 2.05. The van der Waals surface area contributed by atoms with E-state index in [0.29, 0.717) is 18.1 Å². The highest BCUT2D eigenvalue weighted by Gasteiger charge is 2.05. The number of nitrogen functional groups attached to an aromatic ring is 1. The number of aromatic amines is 1. The minimum absolute atomic E-state index is 0.652. The van der Waals surface area contributed by atoms with Gasteiger partial charge in [0.25, 0.3) is 0 Å². The predicted molar refractivity (Wildman–Crippen MR) is 58.3 cm³/mol. The molecule has 0 aliphatic rings. The summed E-state index contributed by atoms with van der Waals surface area (Å²) in [6.45, 7) is 2.65. The van der Waals surface area contributed by atoms with Gasteiger partial charge in [-0.3, -0.25) is 9.78 Å². The number of nitrogens with two attached hydrogens (primary N) is 1. The molecule has 0 spiro atoms. The molecule has 2 aromatic rings. The third-order valence-electron chi connectivity index (χ3n) is 2.24. The number of H-pyrrole nitrogens is 1. The average Bonchev–Trinajstić information content (AvgIpc) is 2.70. The van der Waals surface area contributed by atoms with E-state index in [1.54, 1.807) is 17.1 Å². The van der Waals surface area contributed by atoms with Crippen LogP contribution in [0.15, 0.2) is 12.4 Å². The van der Waals surface area contributed by atoms with E-state index in [1.165, 1.54) is 0 Å². The van der Waals surface area contributed by atoms with Gasteiger partial charge in [0.2, 0.25) is 0 Å². The van der Waals surface area contributed by atoms with Crippen LogP contribution in [0.25, 0.3) is 0 Å². The van der Waals surface area contributed by atoms with Crippen molar-refractivity contribution >= 4 is 11.5 Å². The highest BCUT2D eigenvalue weighted by atomic mass is 15.3. The van der Waals surface area contributed by atoms with E-state index in [2.05, 4.69) is 20.6 Å². The van der Waals surface area contributed by atoms with Gasteiger partial charge in [-0.15, -0.1) is 0 Å². The molecule has 15 heavy (non-hydrogen) atoms. The fraction of sp³-hybridized carbons (Fsp3) is 0.333. The minimum Gasteiger partial charge on any atom is -0.394 e. The van der Waals surface area contributed by atoms with E-state index in [1.807, 2.05) is 14.0 Å². The van der Waals surface area contributed by atoms with Crippen molar-refractivity contribution in [1.82, 2.24) is 20.0 Å². The fourth-order valence-electron chi connectivity index (χ4n) is 1.38. The Morgan fingerprint density at radius 2 is 2.40 bits per heavy atom. The summed E-state index contributed by atoms with van der Waals surface area (Å²) in [7, 11) is 1.84. The second-order valence-corrected chi connectivity index (χ2v) is 3.48. The Bertz CT molecular complexity index is 455. The maximum atomic E-state index is 5.75. The van der Waals surface area contributed by atoms with Crippen LogP contribution in [0, 0.1) is 6.92 Å². The van der Waals surface area contributed by atoms with Crippen LogP contribution in [0.1, 0.15) is 11.3 Å². The summed E-state index contributed by atoms with van der Waals surface area (Å²) < 4.78 is 1.68. The average molecular weight is 206 g/mol. The quantitative estimate of drug-likeness (QED) is 0.688. The monoisotopic (exact) mass is 206 g/mol. The van der Waals surface area contributed by atoms with Gasteiger partial charge in [0.15, 0.2) is 5.82 Å². The molecule has 0 atom stereocenters. The minimum atomic E-state index is 0.652. The number of nitrogens with one attached hydrogen (secondary N) is 2. The van der Waals surface area contributed by atoms with Crippen LogP contribution >= 0.6 is 0 Å². The number of anilines is 2. The molecule has 0 unspecified atom stereocenters. The molecule has 0 aliphatic heterocycles. The van der Waals surface area contributed by atoms with Gasteiger partial charge < -0.3 is 11.1 Å². The molecule has 2 heterocycles. The zero-order chi connectivity index (χ0) is 10.8. The lowest BCUT2D eigenvalue weighted by Crippen LogP contribution is -2.02. The van der Waals surface area contributed by atoms with Crippen molar-refractivity contribution in [1.29, 1.82) is 0 Å². The Morgan fingerprint density at radius 1 is 1.60 bits per heavy atom. The number of rotatable bonds is 3. The van der Waals surface area contributed by atoms with Crippen LogP contribution in [-0.2, 0) is 13.6 Å². The molecular weight excluding hydrogens is 192 g/mol. The molecule has 0 radical (unpaired) electrons. The molecule has 0 saturated heterocycles. The van der Waals surface area contributed by atoms with Crippen LogP contribution in [0.4, 0.5) is 11.5 Å². The Hall–Kier alpha value is -1.98. The molecular formula is C9H14N6. The van der Waals surface area contributed by atoms with Crippen LogP contribution in [0.3, 0.4) is 0 Å². The van der Waals surface area contributed by atoms with Gasteiger partial charge in [0, 0.05) is 31.0 Å². The molecule has 0 bridgehead atoms. The summed E-state index contributed by atoms with van der Waals surface area (Å²) >= 11 is 0. The standard InChI is InChI=1S/C9H14N6/c1-6-7(4-12-13-6)3-11-9-8(10)5-15(2)14-9/h4-5H,3,10H2,1-2H3,(H,11,14)(H,12,13). The van der Waals surface area contributed by atoms with Crippen LogP contribution in [-0.4, -0.2) is 20.0 Å². The summed E-state index contributed by atoms with van der Waals surface area (Å²) in [5.41, 5.74) is 8.57. The Morgan fingerprint density at radius 3 is 2.93 bits per heavy atom. The third-order valence-corrected chi connectivity index (χ3v) is 2.24. The molecule has 2 rings (SSSR count). The van der Waals surface area contributed by atoms with E-state index in [9.17, 15) is 0 Å². The van der Waals surface area contributed by atoms with E-state index >= 15 is 0 Å². The maximum Gasteiger partial charge on any atom is 0.171 e. The van der Waals surface area contributed by atoms with Gasteiger partial charge in [-0.05, 0) is 6.92 Å². The molecule has 0 fully saturated rings. The molecule has 4 N–H and O–H groups in total. The van der Waals surface area contributed by atoms with Gasteiger partial charge in [0.1, 0.15) is 0 Å². The van der Waals surface area contributed by atoms with Crippen molar-refractivity contribution in [3.63, 3.8) is 0 Å². The van der Waals surface area contributed by atoms with Gasteiger partial charge in [-0.1, -0.05) is 0 Å². The lowest BCUT2D eigenvalue weighted by molar-refractivity contribution is 0.768. The summed E-state index contributed by atoms with van der Waals surface area (Å²) in [5.74, 6) is 0.707. The zero-order valence-corrected chi connectivity index (χ0v) is 8.78. The van der Waals surface area contributed by atoms with E-state index in [-0.39, 0.29) is 0 Å². The van der Waals surface area contributed by atoms with Crippen molar-refractivity contribution < 1.29 is 0 Å². The largest absolute Gasteiger partial charge is 0.394 e. The van der Waals surface area contributed by atoms with E-state index in [0.717, 1.165) is 11.3 Å². The van der Waals surface area contributed by atoms with E-state index in [4.69, 9.17) is 5.73 Å². The molecule has 0 saturated carbocycles. The Kier molecular flexibility index (Phi) is 2.32. The van der Waals surface area contributed by atoms with Crippen molar-refractivity contribution in [3.05, 3.63) is 23.7 Å². The van der Waals surface area contributed by atoms with Gasteiger partial charge in [-0.2, -0.15) is 10.2 Å². The first kappa shape index (κ1) is 9.57. The van der Waals surface area contributed by atoms with Crippen molar-refractivity contribution in [2.45, 2.75) is 13.5 Å². The van der Waals surface area contributed by atoms with Crippen molar-refractivity contribution in [3.8, 4) is 0 Å². The lowest BCUT2D eigenvalue weighted by Gasteiger charge is -2.02. The fourth-order valence-corrected chi connectivity index (χ4v) is 1.38. The molecule has 2 aromatic heterocycles. The van der Waals surface area contributed by atoms with Crippen LogP contribution < -0.4 is 11.1 Å². The number of aromatic nitrogens is 4. The van der Waals surface area contributed by atoms with Crippen molar-refractivity contribution in [2.75, 3.05) is 11.1 Å². The smallest absolute Gasteiger partial charge is 0.171 e. The second kappa shape index (κ2) is 3.64. The van der Waals surface area contributed by atoms with Crippen LogP contribution in [0.5, 0.6) is 0 Å². The second-order valence-electron chi connectivity index (χ2n) is 3.48. The number of hydrogen-bond acceptors (Lipinski definition) is 4. The first-order valence-electron chi connectivity index (χ1n) is 4.68. The predicted octanol–water partition coefficient (Wildman–Crippen LogP) is 0.646. The third kappa shape index (κ3) is 1.93. The highest BCUT2D eigenvalue weighted by Crippen LogP contribution is 2.15. The van der Waals surface area contributed by atoms with Gasteiger partial charge >= 0.3 is 0 Å². The normalized spacial score (nSPS) is 10.5. The summed E-state index contributed by atoms with van der Waals surface area (Å²) in [4.78, 5) is 0. The summed E-state index contributed by atoms with van der Waals surface area (Å²) in [6, 6.07) is 0. The number of aryl methyl sites for hydroxylation is 2. The maximum absolute atomic E-state index is 5.75. The topological polar surface area (TPSA) is 84.5 Å². The SMILES string of the molecule is Cc1[nH]ncc1CNc1nn(C)cc1N. The lowest BCUT2D eigenvalue weighted by atomic mass is 10.2. The number of hydrogen-bond donors (Lipinski definition) is 3. The summed E-state index contributed by atoms with van der Waals surface area (Å²) in [5, 5.41) is 14.2. The molecule has 0 aliphatic carbocycles. The van der Waals surface area contributed by atoms with Crippen molar-refractivity contribution in [2.24, 2.45) is 7.05 Å². The number of nitrogens with zero attached hydrogens (tertiary/aromatic N) is 3. The first-order valence-corrected chi connectivity index (χ1v) is 4.68. The van der Waals surface area contributed by atoms with Crippen LogP contribution in [0.2, 0.25) is 0 Å². The summed E-state index contributed by atoms with van der Waals surface area (Å²) in [6.07, 6.45) is 3.56. The molecule has 0 aromatic carbocycles. The highest BCUT2D eigenvalue weighted by molar-refractivity contribution is 5.59. The molecule has 6 nitrogen and oxygen atoms in total.